The molecule has 0 spiro atoms. The molecule has 5 rings (SSSR count). The SMILES string of the molecule is O=C(Nc1cccc(Cl)c1)Nc1ccccc1C(=O)N1CCN(C(c2ccccc2)c2ccccc2)CC1. The van der Waals surface area contributed by atoms with Crippen molar-refractivity contribution in [3.05, 3.63) is 131 Å². The fourth-order valence-electron chi connectivity index (χ4n) is 4.87. The van der Waals surface area contributed by atoms with Gasteiger partial charge in [0.25, 0.3) is 5.91 Å². The fourth-order valence-corrected chi connectivity index (χ4v) is 5.06. The zero-order valence-electron chi connectivity index (χ0n) is 20.9. The summed E-state index contributed by atoms with van der Waals surface area (Å²) in [6.45, 7) is 2.67. The van der Waals surface area contributed by atoms with Gasteiger partial charge >= 0.3 is 6.03 Å². The number of nitrogens with zero attached hydrogens (tertiary/aromatic N) is 2. The lowest BCUT2D eigenvalue weighted by Gasteiger charge is -2.40. The Labute approximate surface area is 227 Å². The van der Waals surface area contributed by atoms with Crippen molar-refractivity contribution < 1.29 is 9.59 Å². The largest absolute Gasteiger partial charge is 0.336 e. The van der Waals surface area contributed by atoms with E-state index in [2.05, 4.69) is 64.1 Å². The van der Waals surface area contributed by atoms with Crippen molar-refractivity contribution in [2.75, 3.05) is 36.8 Å². The minimum absolute atomic E-state index is 0.0979. The predicted octanol–water partition coefficient (Wildman–Crippen LogP) is 6.53. The van der Waals surface area contributed by atoms with E-state index in [0.29, 0.717) is 35.1 Å². The average molecular weight is 525 g/mol. The van der Waals surface area contributed by atoms with E-state index in [1.54, 1.807) is 42.5 Å². The molecular formula is C31H29ClN4O2. The van der Waals surface area contributed by atoms with E-state index in [4.69, 9.17) is 11.6 Å². The van der Waals surface area contributed by atoms with Crippen LogP contribution in [0.1, 0.15) is 27.5 Å². The molecule has 3 amide bonds. The molecule has 1 aliphatic heterocycles. The number of hydrogen-bond acceptors (Lipinski definition) is 3. The van der Waals surface area contributed by atoms with Gasteiger partial charge in [-0.2, -0.15) is 0 Å². The van der Waals surface area contributed by atoms with Gasteiger partial charge in [-0.25, -0.2) is 4.79 Å². The summed E-state index contributed by atoms with van der Waals surface area (Å²) in [6, 6.07) is 34.7. The molecule has 38 heavy (non-hydrogen) atoms. The van der Waals surface area contributed by atoms with E-state index in [1.807, 2.05) is 23.1 Å². The van der Waals surface area contributed by atoms with Crippen molar-refractivity contribution in [2.45, 2.75) is 6.04 Å². The van der Waals surface area contributed by atoms with Crippen molar-refractivity contribution >= 4 is 34.9 Å². The van der Waals surface area contributed by atoms with Gasteiger partial charge in [0.2, 0.25) is 0 Å². The lowest BCUT2D eigenvalue weighted by atomic mass is 9.96. The highest BCUT2D eigenvalue weighted by molar-refractivity contribution is 6.30. The van der Waals surface area contributed by atoms with E-state index in [9.17, 15) is 9.59 Å². The van der Waals surface area contributed by atoms with Crippen LogP contribution in [0.3, 0.4) is 0 Å². The van der Waals surface area contributed by atoms with Crippen molar-refractivity contribution in [2.24, 2.45) is 0 Å². The average Bonchev–Trinajstić information content (AvgIpc) is 2.95. The van der Waals surface area contributed by atoms with E-state index in [-0.39, 0.29) is 11.9 Å². The van der Waals surface area contributed by atoms with Crippen LogP contribution >= 0.6 is 11.6 Å². The van der Waals surface area contributed by atoms with Crippen LogP contribution in [0.2, 0.25) is 5.02 Å². The summed E-state index contributed by atoms with van der Waals surface area (Å²) < 4.78 is 0. The first-order valence-corrected chi connectivity index (χ1v) is 13.0. The molecule has 1 fully saturated rings. The van der Waals surface area contributed by atoms with Gasteiger partial charge in [-0.3, -0.25) is 9.69 Å². The van der Waals surface area contributed by atoms with Gasteiger partial charge in [-0.05, 0) is 41.5 Å². The maximum absolute atomic E-state index is 13.5. The van der Waals surface area contributed by atoms with Crippen molar-refractivity contribution in [1.29, 1.82) is 0 Å². The highest BCUT2D eigenvalue weighted by Gasteiger charge is 2.29. The summed E-state index contributed by atoms with van der Waals surface area (Å²) in [4.78, 5) is 30.5. The number of para-hydroxylation sites is 1. The van der Waals surface area contributed by atoms with Gasteiger partial charge in [-0.15, -0.1) is 0 Å². The van der Waals surface area contributed by atoms with Crippen LogP contribution in [-0.2, 0) is 0 Å². The monoisotopic (exact) mass is 524 g/mol. The van der Waals surface area contributed by atoms with Crippen LogP contribution < -0.4 is 10.6 Å². The summed E-state index contributed by atoms with van der Waals surface area (Å²) in [5.74, 6) is -0.0979. The molecule has 0 aromatic heterocycles. The molecule has 6 nitrogen and oxygen atoms in total. The molecule has 1 aliphatic rings. The molecule has 0 unspecified atom stereocenters. The van der Waals surface area contributed by atoms with E-state index < -0.39 is 6.03 Å². The Balaban J connectivity index is 1.27. The molecule has 0 bridgehead atoms. The maximum atomic E-state index is 13.5. The van der Waals surface area contributed by atoms with Crippen molar-refractivity contribution in [3.63, 3.8) is 0 Å². The van der Waals surface area contributed by atoms with Crippen LogP contribution in [-0.4, -0.2) is 47.9 Å². The number of carbonyl (C=O) groups is 2. The minimum atomic E-state index is -0.439. The number of halogens is 1. The van der Waals surface area contributed by atoms with Crippen molar-refractivity contribution in [1.82, 2.24) is 9.80 Å². The predicted molar refractivity (Wildman–Crippen MR) is 153 cm³/mol. The number of urea groups is 1. The number of nitrogens with one attached hydrogen (secondary N) is 2. The Kier molecular flexibility index (Phi) is 8.02. The zero-order valence-corrected chi connectivity index (χ0v) is 21.6. The third-order valence-electron chi connectivity index (χ3n) is 6.69. The van der Waals surface area contributed by atoms with Crippen LogP contribution in [0.5, 0.6) is 0 Å². The van der Waals surface area contributed by atoms with E-state index in [0.717, 1.165) is 13.1 Å². The van der Waals surface area contributed by atoms with Gasteiger partial charge in [0.15, 0.2) is 0 Å². The number of anilines is 2. The third-order valence-corrected chi connectivity index (χ3v) is 6.92. The van der Waals surface area contributed by atoms with Gasteiger partial charge in [0, 0.05) is 36.9 Å². The Morgan fingerprint density at radius 3 is 1.92 bits per heavy atom. The standard InChI is InChI=1S/C31H29ClN4O2/c32-25-14-9-15-26(22-25)33-31(38)34-28-17-8-7-16-27(28)30(37)36-20-18-35(19-21-36)29(23-10-3-1-4-11-23)24-12-5-2-6-13-24/h1-17,22,29H,18-21H2,(H2,33,34,38). The molecule has 2 N–H and O–H groups in total. The van der Waals surface area contributed by atoms with Gasteiger partial charge < -0.3 is 15.5 Å². The minimum Gasteiger partial charge on any atom is -0.336 e. The normalized spacial score (nSPS) is 13.8. The smallest absolute Gasteiger partial charge is 0.323 e. The highest BCUT2D eigenvalue weighted by atomic mass is 35.5. The second-order valence-corrected chi connectivity index (χ2v) is 9.62. The second-order valence-electron chi connectivity index (χ2n) is 9.19. The quantitative estimate of drug-likeness (QED) is 0.301. The van der Waals surface area contributed by atoms with Crippen LogP contribution in [0.4, 0.5) is 16.2 Å². The summed E-state index contributed by atoms with van der Waals surface area (Å²) in [7, 11) is 0. The Hall–Kier alpha value is -4.13. The Morgan fingerprint density at radius 2 is 1.29 bits per heavy atom. The lowest BCUT2D eigenvalue weighted by Crippen LogP contribution is -2.50. The number of amides is 3. The van der Waals surface area contributed by atoms with E-state index >= 15 is 0 Å². The molecule has 4 aromatic rings. The molecule has 1 heterocycles. The third kappa shape index (κ3) is 6.05. The first-order valence-electron chi connectivity index (χ1n) is 12.6. The van der Waals surface area contributed by atoms with E-state index in [1.165, 1.54) is 11.1 Å². The molecule has 0 aliphatic carbocycles. The summed E-state index contributed by atoms with van der Waals surface area (Å²) in [6.07, 6.45) is 0. The number of hydrogen-bond donors (Lipinski definition) is 2. The number of piperazine rings is 1. The highest BCUT2D eigenvalue weighted by Crippen LogP contribution is 2.30. The Bertz CT molecular complexity index is 1350. The summed E-state index contributed by atoms with van der Waals surface area (Å²) in [5.41, 5.74) is 3.97. The zero-order chi connectivity index (χ0) is 26.3. The number of rotatable bonds is 6. The van der Waals surface area contributed by atoms with Gasteiger partial charge in [0.1, 0.15) is 0 Å². The molecule has 1 saturated heterocycles. The molecule has 0 radical (unpaired) electrons. The molecule has 0 saturated carbocycles. The van der Waals surface area contributed by atoms with Crippen LogP contribution in [0, 0.1) is 0 Å². The Morgan fingerprint density at radius 1 is 0.684 bits per heavy atom. The number of benzene rings is 4. The molecular weight excluding hydrogens is 496 g/mol. The first-order chi connectivity index (χ1) is 18.6. The van der Waals surface area contributed by atoms with Crippen LogP contribution in [0.25, 0.3) is 0 Å². The fraction of sp³-hybridized carbons (Fsp3) is 0.161. The maximum Gasteiger partial charge on any atom is 0.323 e. The number of carbonyl (C=O) groups excluding carboxylic acids is 2. The van der Waals surface area contributed by atoms with Gasteiger partial charge in [-0.1, -0.05) is 90.5 Å². The lowest BCUT2D eigenvalue weighted by molar-refractivity contribution is 0.0598. The first kappa shape index (κ1) is 25.5. The molecule has 192 valence electrons. The summed E-state index contributed by atoms with van der Waals surface area (Å²) in [5, 5.41) is 6.10. The van der Waals surface area contributed by atoms with Crippen molar-refractivity contribution in [3.8, 4) is 0 Å². The topological polar surface area (TPSA) is 64.7 Å². The van der Waals surface area contributed by atoms with Crippen LogP contribution in [0.15, 0.2) is 109 Å². The van der Waals surface area contributed by atoms with Gasteiger partial charge in [0.05, 0.1) is 17.3 Å². The molecule has 0 atom stereocenters. The summed E-state index contributed by atoms with van der Waals surface area (Å²) >= 11 is 6.02. The molecule has 4 aromatic carbocycles. The molecule has 7 heteroatoms. The second kappa shape index (κ2) is 11.9.